The fraction of sp³-hybridized carbons (Fsp3) is 0.344. The summed E-state index contributed by atoms with van der Waals surface area (Å²) >= 11 is 0. The lowest BCUT2D eigenvalue weighted by molar-refractivity contribution is -0.151. The van der Waals surface area contributed by atoms with E-state index in [4.69, 9.17) is 4.74 Å². The Bertz CT molecular complexity index is 1200. The molecule has 1 aromatic heterocycles. The van der Waals surface area contributed by atoms with Gasteiger partial charge in [-0.2, -0.15) is 0 Å². The molecule has 1 heterocycles. The SMILES string of the molecule is CCC(CC)(CC(=O)Nc1cccc(/C=C/c2cccc(COCCCCc3ccccc3)n2)c1)C(=O)O. The molecule has 6 nitrogen and oxygen atoms in total. The summed E-state index contributed by atoms with van der Waals surface area (Å²) in [7, 11) is 0. The van der Waals surface area contributed by atoms with Crippen LogP contribution < -0.4 is 5.32 Å². The zero-order chi connectivity index (χ0) is 27.2. The Hall–Kier alpha value is -3.77. The van der Waals surface area contributed by atoms with Gasteiger partial charge in [-0.3, -0.25) is 14.6 Å². The summed E-state index contributed by atoms with van der Waals surface area (Å²) in [6.45, 7) is 4.79. The number of nitrogens with zero attached hydrogens (tertiary/aromatic N) is 1. The number of benzene rings is 2. The molecule has 0 aliphatic heterocycles. The third kappa shape index (κ3) is 8.96. The van der Waals surface area contributed by atoms with E-state index in [0.717, 1.165) is 36.2 Å². The number of nitrogens with one attached hydrogen (secondary N) is 1. The number of aliphatic carboxylic acids is 1. The molecule has 0 saturated carbocycles. The maximum absolute atomic E-state index is 12.6. The highest BCUT2D eigenvalue weighted by Gasteiger charge is 2.37. The largest absolute Gasteiger partial charge is 0.481 e. The van der Waals surface area contributed by atoms with Crippen LogP contribution in [0.4, 0.5) is 5.69 Å². The third-order valence-electron chi connectivity index (χ3n) is 6.85. The van der Waals surface area contributed by atoms with Crippen molar-refractivity contribution < 1.29 is 19.4 Å². The van der Waals surface area contributed by atoms with Crippen LogP contribution in [0.25, 0.3) is 12.2 Å². The summed E-state index contributed by atoms with van der Waals surface area (Å²) in [6.07, 6.45) is 7.78. The topological polar surface area (TPSA) is 88.5 Å². The summed E-state index contributed by atoms with van der Waals surface area (Å²) in [4.78, 5) is 29.0. The van der Waals surface area contributed by atoms with Gasteiger partial charge >= 0.3 is 5.97 Å². The predicted octanol–water partition coefficient (Wildman–Crippen LogP) is 7.01. The Labute approximate surface area is 225 Å². The molecule has 2 N–H and O–H groups in total. The molecule has 0 fully saturated rings. The number of anilines is 1. The number of aromatic nitrogens is 1. The van der Waals surface area contributed by atoms with Gasteiger partial charge in [0.2, 0.25) is 5.91 Å². The standard InChI is InChI=1S/C32H38N2O4/c1-3-32(4-2,31(36)37)23-30(35)34-28-17-10-15-26(22-28)19-20-27-16-11-18-29(33-27)24-38-21-9-8-14-25-12-6-5-7-13-25/h5-7,10-13,15-20,22H,3-4,8-9,14,21,23-24H2,1-2H3,(H,34,35)(H,36,37)/b20-19+. The van der Waals surface area contributed by atoms with Crippen LogP contribution in [0.2, 0.25) is 0 Å². The van der Waals surface area contributed by atoms with Crippen molar-refractivity contribution in [2.75, 3.05) is 11.9 Å². The molecule has 1 amide bonds. The Kier molecular flexibility index (Phi) is 11.2. The monoisotopic (exact) mass is 514 g/mol. The lowest BCUT2D eigenvalue weighted by Gasteiger charge is -2.25. The molecule has 3 rings (SSSR count). The number of carbonyl (C=O) groups excluding carboxylic acids is 1. The number of carbonyl (C=O) groups is 2. The molecular weight excluding hydrogens is 476 g/mol. The van der Waals surface area contributed by atoms with Gasteiger partial charge < -0.3 is 15.2 Å². The number of carboxylic acids is 1. The Balaban J connectivity index is 1.49. The summed E-state index contributed by atoms with van der Waals surface area (Å²) < 4.78 is 5.83. The van der Waals surface area contributed by atoms with Crippen molar-refractivity contribution in [2.24, 2.45) is 5.41 Å². The number of hydrogen-bond acceptors (Lipinski definition) is 4. The second-order valence-corrected chi connectivity index (χ2v) is 9.53. The number of carboxylic acid groups (broad SMARTS) is 1. The van der Waals surface area contributed by atoms with Crippen LogP contribution in [0, 0.1) is 5.41 Å². The zero-order valence-electron chi connectivity index (χ0n) is 22.4. The normalized spacial score (nSPS) is 11.5. The van der Waals surface area contributed by atoms with E-state index in [1.807, 2.05) is 54.6 Å². The average Bonchev–Trinajstić information content (AvgIpc) is 2.93. The molecule has 0 radical (unpaired) electrons. The maximum Gasteiger partial charge on any atom is 0.310 e. The van der Waals surface area contributed by atoms with Crippen LogP contribution in [0.3, 0.4) is 0 Å². The van der Waals surface area contributed by atoms with Gasteiger partial charge in [0.25, 0.3) is 0 Å². The van der Waals surface area contributed by atoms with Crippen molar-refractivity contribution in [3.8, 4) is 0 Å². The van der Waals surface area contributed by atoms with E-state index in [1.165, 1.54) is 5.56 Å². The van der Waals surface area contributed by atoms with E-state index in [1.54, 1.807) is 19.9 Å². The Morgan fingerprint density at radius 1 is 0.947 bits per heavy atom. The highest BCUT2D eigenvalue weighted by Crippen LogP contribution is 2.31. The fourth-order valence-electron chi connectivity index (χ4n) is 4.32. The molecule has 200 valence electrons. The summed E-state index contributed by atoms with van der Waals surface area (Å²) in [5.74, 6) is -1.23. The second kappa shape index (κ2) is 14.8. The first-order valence-electron chi connectivity index (χ1n) is 13.3. The van der Waals surface area contributed by atoms with Crippen LogP contribution in [-0.4, -0.2) is 28.6 Å². The minimum absolute atomic E-state index is 0.0544. The molecule has 3 aromatic rings. The lowest BCUT2D eigenvalue weighted by Crippen LogP contribution is -2.34. The lowest BCUT2D eigenvalue weighted by atomic mass is 9.79. The highest BCUT2D eigenvalue weighted by molar-refractivity contribution is 5.94. The van der Waals surface area contributed by atoms with Crippen molar-refractivity contribution >= 4 is 29.7 Å². The van der Waals surface area contributed by atoms with Gasteiger partial charge in [0.05, 0.1) is 23.4 Å². The molecular formula is C32H38N2O4. The predicted molar refractivity (Wildman–Crippen MR) is 153 cm³/mol. The molecule has 2 aromatic carbocycles. The molecule has 0 atom stereocenters. The van der Waals surface area contributed by atoms with Gasteiger partial charge in [-0.25, -0.2) is 0 Å². The zero-order valence-corrected chi connectivity index (χ0v) is 22.4. The van der Waals surface area contributed by atoms with Crippen molar-refractivity contribution in [3.63, 3.8) is 0 Å². The van der Waals surface area contributed by atoms with Gasteiger partial charge in [-0.1, -0.05) is 68.5 Å². The minimum atomic E-state index is -1.04. The van der Waals surface area contributed by atoms with Crippen LogP contribution in [0.1, 0.15) is 68.5 Å². The molecule has 0 aliphatic carbocycles. The molecule has 0 saturated heterocycles. The number of rotatable bonds is 15. The van der Waals surface area contributed by atoms with Crippen LogP contribution >= 0.6 is 0 Å². The third-order valence-corrected chi connectivity index (χ3v) is 6.85. The first-order valence-corrected chi connectivity index (χ1v) is 13.3. The van der Waals surface area contributed by atoms with E-state index in [9.17, 15) is 14.7 Å². The van der Waals surface area contributed by atoms with E-state index in [-0.39, 0.29) is 12.3 Å². The maximum atomic E-state index is 12.6. The number of ether oxygens (including phenoxy) is 1. The van der Waals surface area contributed by atoms with Crippen molar-refractivity contribution in [1.29, 1.82) is 0 Å². The summed E-state index contributed by atoms with van der Waals surface area (Å²) in [6, 6.07) is 23.8. The number of unbranched alkanes of at least 4 members (excludes halogenated alkanes) is 1. The van der Waals surface area contributed by atoms with Crippen molar-refractivity contribution in [3.05, 3.63) is 95.3 Å². The minimum Gasteiger partial charge on any atom is -0.481 e. The molecule has 0 unspecified atom stereocenters. The van der Waals surface area contributed by atoms with Gasteiger partial charge in [0.1, 0.15) is 0 Å². The van der Waals surface area contributed by atoms with Crippen LogP contribution in [0.5, 0.6) is 0 Å². The van der Waals surface area contributed by atoms with Crippen LogP contribution in [-0.2, 0) is 27.4 Å². The first kappa shape index (κ1) is 28.8. The number of pyridine rings is 1. The van der Waals surface area contributed by atoms with Crippen molar-refractivity contribution in [1.82, 2.24) is 4.98 Å². The van der Waals surface area contributed by atoms with Gasteiger partial charge in [-0.15, -0.1) is 0 Å². The number of hydrogen-bond donors (Lipinski definition) is 2. The Morgan fingerprint density at radius 3 is 2.45 bits per heavy atom. The van der Waals surface area contributed by atoms with Gasteiger partial charge in [0.15, 0.2) is 0 Å². The van der Waals surface area contributed by atoms with E-state index >= 15 is 0 Å². The van der Waals surface area contributed by atoms with Crippen molar-refractivity contribution in [2.45, 2.75) is 59.0 Å². The molecule has 0 spiro atoms. The summed E-state index contributed by atoms with van der Waals surface area (Å²) in [5.41, 5.74) is 3.55. The molecule has 0 bridgehead atoms. The number of amides is 1. The van der Waals surface area contributed by atoms with Gasteiger partial charge in [-0.05, 0) is 73.6 Å². The van der Waals surface area contributed by atoms with E-state index in [0.29, 0.717) is 31.7 Å². The summed E-state index contributed by atoms with van der Waals surface area (Å²) in [5, 5.41) is 12.4. The molecule has 6 heteroatoms. The molecule has 38 heavy (non-hydrogen) atoms. The van der Waals surface area contributed by atoms with Gasteiger partial charge in [0, 0.05) is 18.7 Å². The van der Waals surface area contributed by atoms with E-state index < -0.39 is 11.4 Å². The smallest absolute Gasteiger partial charge is 0.310 e. The number of aryl methyl sites for hydroxylation is 1. The van der Waals surface area contributed by atoms with Crippen LogP contribution in [0.15, 0.2) is 72.8 Å². The van der Waals surface area contributed by atoms with E-state index in [2.05, 4.69) is 34.6 Å². The second-order valence-electron chi connectivity index (χ2n) is 9.53. The quantitative estimate of drug-likeness (QED) is 0.213. The first-order chi connectivity index (χ1) is 18.4. The fourth-order valence-corrected chi connectivity index (χ4v) is 4.32. The highest BCUT2D eigenvalue weighted by atomic mass is 16.5. The average molecular weight is 515 g/mol. The Morgan fingerprint density at radius 2 is 1.71 bits per heavy atom. The molecule has 0 aliphatic rings.